The number of nitrogens with zero attached hydrogens (tertiary/aromatic N) is 4. The van der Waals surface area contributed by atoms with E-state index in [1.165, 1.54) is 37.7 Å². The molecule has 2 aliphatic heterocycles. The molecule has 0 spiro atoms. The van der Waals surface area contributed by atoms with Crippen LogP contribution in [0.4, 0.5) is 0 Å². The highest BCUT2D eigenvalue weighted by Gasteiger charge is 2.28. The van der Waals surface area contributed by atoms with E-state index in [4.69, 9.17) is 4.98 Å². The number of amides is 1. The molecule has 2 aromatic heterocycles. The van der Waals surface area contributed by atoms with Gasteiger partial charge in [0.1, 0.15) is 0 Å². The summed E-state index contributed by atoms with van der Waals surface area (Å²) in [6, 6.07) is 10.9. The number of fused-ring (bicyclic) bond motifs is 1. The van der Waals surface area contributed by atoms with E-state index in [0.717, 1.165) is 56.2 Å². The average molecular weight is 437 g/mol. The standard InChI is InChI=1S/C25H32N4OS/c30-24(28-14-7-2-1-3-8-15-28)23-22(29-16-17-31-25(29)26-23)19-27-13-9-12-21(18-27)20-10-5-4-6-11-20/h4-6,10-11,16-17,21H,1-3,7-9,12-15,18-19H2/t21-/m0/s1. The summed E-state index contributed by atoms with van der Waals surface area (Å²) in [4.78, 5) is 23.8. The van der Waals surface area contributed by atoms with Crippen molar-refractivity contribution in [3.05, 3.63) is 58.9 Å². The van der Waals surface area contributed by atoms with E-state index in [9.17, 15) is 4.79 Å². The molecule has 164 valence electrons. The zero-order valence-electron chi connectivity index (χ0n) is 18.2. The minimum absolute atomic E-state index is 0.129. The Hall–Kier alpha value is -2.18. The van der Waals surface area contributed by atoms with Crippen LogP contribution in [0.2, 0.25) is 0 Å². The van der Waals surface area contributed by atoms with Gasteiger partial charge >= 0.3 is 0 Å². The van der Waals surface area contributed by atoms with Gasteiger partial charge in [0.15, 0.2) is 10.7 Å². The number of hydrogen-bond donors (Lipinski definition) is 0. The second kappa shape index (κ2) is 9.53. The van der Waals surface area contributed by atoms with Crippen molar-refractivity contribution in [2.45, 2.75) is 57.4 Å². The minimum atomic E-state index is 0.129. The summed E-state index contributed by atoms with van der Waals surface area (Å²) in [5, 5.41) is 2.07. The van der Waals surface area contributed by atoms with Crippen LogP contribution in [-0.4, -0.2) is 51.3 Å². The van der Waals surface area contributed by atoms with Crippen LogP contribution in [0.25, 0.3) is 4.96 Å². The number of aromatic nitrogens is 2. The van der Waals surface area contributed by atoms with E-state index in [1.807, 2.05) is 0 Å². The van der Waals surface area contributed by atoms with Crippen molar-refractivity contribution in [2.24, 2.45) is 0 Å². The fraction of sp³-hybridized carbons (Fsp3) is 0.520. The lowest BCUT2D eigenvalue weighted by atomic mass is 9.90. The molecule has 1 amide bonds. The highest BCUT2D eigenvalue weighted by atomic mass is 32.1. The van der Waals surface area contributed by atoms with Crippen molar-refractivity contribution >= 4 is 22.2 Å². The van der Waals surface area contributed by atoms with E-state index in [-0.39, 0.29) is 5.91 Å². The first-order valence-corrected chi connectivity index (χ1v) is 12.7. The molecule has 2 aliphatic rings. The maximum Gasteiger partial charge on any atom is 0.274 e. The molecule has 1 atom stereocenters. The lowest BCUT2D eigenvalue weighted by Gasteiger charge is -2.33. The molecule has 31 heavy (non-hydrogen) atoms. The maximum atomic E-state index is 13.5. The van der Waals surface area contributed by atoms with Crippen LogP contribution in [0.5, 0.6) is 0 Å². The molecule has 0 aliphatic carbocycles. The highest BCUT2D eigenvalue weighted by Crippen LogP contribution is 2.29. The summed E-state index contributed by atoms with van der Waals surface area (Å²) >= 11 is 1.62. The Morgan fingerprint density at radius 3 is 2.58 bits per heavy atom. The monoisotopic (exact) mass is 436 g/mol. The molecule has 4 heterocycles. The topological polar surface area (TPSA) is 40.9 Å². The number of carbonyl (C=O) groups is 1. The number of hydrogen-bond acceptors (Lipinski definition) is 4. The lowest BCUT2D eigenvalue weighted by Crippen LogP contribution is -2.37. The maximum absolute atomic E-state index is 13.5. The summed E-state index contributed by atoms with van der Waals surface area (Å²) in [7, 11) is 0. The third-order valence-corrected chi connectivity index (χ3v) is 7.61. The third kappa shape index (κ3) is 4.55. The second-order valence-corrected chi connectivity index (χ2v) is 9.88. The summed E-state index contributed by atoms with van der Waals surface area (Å²) in [5.74, 6) is 0.693. The van der Waals surface area contributed by atoms with Gasteiger partial charge in [-0.05, 0) is 43.7 Å². The largest absolute Gasteiger partial charge is 0.337 e. The Morgan fingerprint density at radius 2 is 1.77 bits per heavy atom. The normalized spacial score (nSPS) is 21.2. The van der Waals surface area contributed by atoms with Crippen LogP contribution in [0.15, 0.2) is 41.9 Å². The van der Waals surface area contributed by atoms with Crippen molar-refractivity contribution in [1.82, 2.24) is 19.2 Å². The Balaban J connectivity index is 1.38. The fourth-order valence-electron chi connectivity index (χ4n) is 5.16. The molecular weight excluding hydrogens is 404 g/mol. The third-order valence-electron chi connectivity index (χ3n) is 6.86. The van der Waals surface area contributed by atoms with Crippen molar-refractivity contribution in [3.8, 4) is 0 Å². The molecule has 2 fully saturated rings. The predicted octanol–water partition coefficient (Wildman–Crippen LogP) is 5.18. The summed E-state index contributed by atoms with van der Waals surface area (Å²) in [5.41, 5.74) is 3.17. The number of benzene rings is 1. The van der Waals surface area contributed by atoms with Crippen LogP contribution in [-0.2, 0) is 6.54 Å². The zero-order chi connectivity index (χ0) is 21.0. The van der Waals surface area contributed by atoms with Gasteiger partial charge in [0.05, 0.1) is 5.69 Å². The molecule has 0 N–H and O–H groups in total. The number of carbonyl (C=O) groups excluding carboxylic acids is 1. The van der Waals surface area contributed by atoms with Crippen LogP contribution < -0.4 is 0 Å². The molecule has 3 aromatic rings. The van der Waals surface area contributed by atoms with Crippen LogP contribution in [0.1, 0.15) is 72.6 Å². The van der Waals surface area contributed by atoms with Crippen molar-refractivity contribution < 1.29 is 4.79 Å². The quantitative estimate of drug-likeness (QED) is 0.566. The van der Waals surface area contributed by atoms with Crippen LogP contribution in [0, 0.1) is 0 Å². The Morgan fingerprint density at radius 1 is 1.00 bits per heavy atom. The highest BCUT2D eigenvalue weighted by molar-refractivity contribution is 7.15. The lowest BCUT2D eigenvalue weighted by molar-refractivity contribution is 0.0734. The molecule has 0 saturated carbocycles. The van der Waals surface area contributed by atoms with Gasteiger partial charge in [-0.3, -0.25) is 14.1 Å². The molecule has 2 saturated heterocycles. The Bertz CT molecular complexity index is 1000. The number of imidazole rings is 1. The van der Waals surface area contributed by atoms with E-state index in [1.54, 1.807) is 11.3 Å². The Labute approximate surface area is 188 Å². The van der Waals surface area contributed by atoms with Gasteiger partial charge in [-0.2, -0.15) is 0 Å². The van der Waals surface area contributed by atoms with Gasteiger partial charge in [-0.1, -0.05) is 49.6 Å². The first kappa shape index (κ1) is 20.7. The smallest absolute Gasteiger partial charge is 0.274 e. The fourth-order valence-corrected chi connectivity index (χ4v) is 5.90. The van der Waals surface area contributed by atoms with Gasteiger partial charge in [0.25, 0.3) is 5.91 Å². The molecule has 0 bridgehead atoms. The SMILES string of the molecule is O=C(c1nc2sccn2c1CN1CCC[C@H](c2ccccc2)C1)N1CCCCCCC1. The van der Waals surface area contributed by atoms with Gasteiger partial charge in [0.2, 0.25) is 0 Å². The van der Waals surface area contributed by atoms with Crippen LogP contribution >= 0.6 is 11.3 Å². The van der Waals surface area contributed by atoms with E-state index in [0.29, 0.717) is 11.6 Å². The van der Waals surface area contributed by atoms with E-state index < -0.39 is 0 Å². The summed E-state index contributed by atoms with van der Waals surface area (Å²) in [6.45, 7) is 4.64. The number of likely N-dealkylation sites (tertiary alicyclic amines) is 2. The van der Waals surface area contributed by atoms with E-state index in [2.05, 4.69) is 56.1 Å². The second-order valence-electron chi connectivity index (χ2n) is 9.01. The summed E-state index contributed by atoms with van der Waals surface area (Å²) in [6.07, 6.45) is 10.5. The minimum Gasteiger partial charge on any atom is -0.337 e. The number of thiazole rings is 1. The first-order chi connectivity index (χ1) is 15.3. The van der Waals surface area contributed by atoms with Crippen molar-refractivity contribution in [3.63, 3.8) is 0 Å². The molecule has 5 nitrogen and oxygen atoms in total. The van der Waals surface area contributed by atoms with Gasteiger partial charge in [-0.15, -0.1) is 11.3 Å². The van der Waals surface area contributed by atoms with Crippen LogP contribution in [0.3, 0.4) is 0 Å². The molecule has 0 radical (unpaired) electrons. The van der Waals surface area contributed by atoms with Crippen molar-refractivity contribution in [2.75, 3.05) is 26.2 Å². The zero-order valence-corrected chi connectivity index (χ0v) is 19.0. The van der Waals surface area contributed by atoms with E-state index >= 15 is 0 Å². The van der Waals surface area contributed by atoms with Crippen molar-refractivity contribution in [1.29, 1.82) is 0 Å². The molecular formula is C25H32N4OS. The van der Waals surface area contributed by atoms with Gasteiger partial charge in [-0.25, -0.2) is 4.98 Å². The average Bonchev–Trinajstić information content (AvgIpc) is 3.37. The van der Waals surface area contributed by atoms with Gasteiger partial charge < -0.3 is 4.90 Å². The number of rotatable bonds is 4. The molecule has 1 aromatic carbocycles. The summed E-state index contributed by atoms with van der Waals surface area (Å²) < 4.78 is 2.15. The Kier molecular flexibility index (Phi) is 6.37. The predicted molar refractivity (Wildman–Crippen MR) is 126 cm³/mol. The van der Waals surface area contributed by atoms with Gasteiger partial charge in [0, 0.05) is 37.8 Å². The molecule has 0 unspecified atom stereocenters. The number of piperidine rings is 1. The molecule has 6 heteroatoms. The molecule has 5 rings (SSSR count). The first-order valence-electron chi connectivity index (χ1n) is 11.8.